The van der Waals surface area contributed by atoms with Crippen LogP contribution in [0.3, 0.4) is 0 Å². The Balaban J connectivity index is 2.51. The normalized spacial score (nSPS) is 12.2. The summed E-state index contributed by atoms with van der Waals surface area (Å²) in [7, 11) is 0. The molecule has 88 valence electrons. The van der Waals surface area contributed by atoms with Crippen LogP contribution >= 0.6 is 11.6 Å². The van der Waals surface area contributed by atoms with Crippen molar-refractivity contribution in [3.63, 3.8) is 0 Å². The van der Waals surface area contributed by atoms with E-state index in [1.165, 1.54) is 0 Å². The average Bonchev–Trinajstić information content (AvgIpc) is 2.15. The molecule has 1 aromatic carbocycles. The summed E-state index contributed by atoms with van der Waals surface area (Å²) in [6, 6.07) is 5.61. The molecule has 4 heteroatoms. The number of carbonyl (C=O) groups is 1. The minimum atomic E-state index is -0.762. The van der Waals surface area contributed by atoms with Gasteiger partial charge in [0.25, 0.3) is 0 Å². The largest absolute Gasteiger partial charge is 0.481 e. The van der Waals surface area contributed by atoms with Crippen LogP contribution in [0.4, 0.5) is 5.69 Å². The number of hydrogen-bond donors (Lipinski definition) is 2. The van der Waals surface area contributed by atoms with Gasteiger partial charge in [0.15, 0.2) is 0 Å². The third kappa shape index (κ3) is 4.11. The van der Waals surface area contributed by atoms with Gasteiger partial charge in [-0.05, 0) is 36.6 Å². The molecule has 0 aliphatic rings. The highest BCUT2D eigenvalue weighted by Gasteiger charge is 2.07. The van der Waals surface area contributed by atoms with Gasteiger partial charge in [-0.1, -0.05) is 18.5 Å². The van der Waals surface area contributed by atoms with Crippen molar-refractivity contribution in [1.82, 2.24) is 0 Å². The highest BCUT2D eigenvalue weighted by Crippen LogP contribution is 2.20. The lowest BCUT2D eigenvalue weighted by Gasteiger charge is -2.13. The predicted molar refractivity (Wildman–Crippen MR) is 66.1 cm³/mol. The van der Waals surface area contributed by atoms with Crippen molar-refractivity contribution in [2.24, 2.45) is 5.92 Å². The first kappa shape index (κ1) is 12.8. The highest BCUT2D eigenvalue weighted by atomic mass is 35.5. The number of nitrogens with one attached hydrogen (secondary N) is 1. The number of aryl methyl sites for hydroxylation is 1. The van der Waals surface area contributed by atoms with Crippen LogP contribution in [0.15, 0.2) is 18.2 Å². The zero-order valence-electron chi connectivity index (χ0n) is 9.46. The fraction of sp³-hybridized carbons (Fsp3) is 0.417. The van der Waals surface area contributed by atoms with Crippen molar-refractivity contribution < 1.29 is 9.90 Å². The van der Waals surface area contributed by atoms with E-state index in [9.17, 15) is 4.79 Å². The van der Waals surface area contributed by atoms with E-state index >= 15 is 0 Å². The molecular formula is C12H16ClNO2. The maximum atomic E-state index is 10.5. The molecule has 0 aliphatic carbocycles. The highest BCUT2D eigenvalue weighted by molar-refractivity contribution is 6.30. The Morgan fingerprint density at radius 2 is 2.25 bits per heavy atom. The monoisotopic (exact) mass is 241 g/mol. The first-order valence-electron chi connectivity index (χ1n) is 5.21. The molecule has 1 rings (SSSR count). The van der Waals surface area contributed by atoms with Gasteiger partial charge in [-0.2, -0.15) is 0 Å². The SMILES string of the molecule is Cc1cc(Cl)ccc1NCC(C)CC(=O)O. The second-order valence-electron chi connectivity index (χ2n) is 4.04. The standard InChI is InChI=1S/C12H16ClNO2/c1-8(5-12(15)16)7-14-11-4-3-10(13)6-9(11)2/h3-4,6,8,14H,5,7H2,1-2H3,(H,15,16). The van der Waals surface area contributed by atoms with Crippen LogP contribution in [-0.2, 0) is 4.79 Å². The molecule has 0 saturated carbocycles. The summed E-state index contributed by atoms with van der Waals surface area (Å²) in [5.41, 5.74) is 2.07. The number of anilines is 1. The van der Waals surface area contributed by atoms with Crippen LogP contribution < -0.4 is 5.32 Å². The molecule has 1 unspecified atom stereocenters. The van der Waals surface area contributed by atoms with Gasteiger partial charge in [0.2, 0.25) is 0 Å². The zero-order chi connectivity index (χ0) is 12.1. The third-order valence-electron chi connectivity index (χ3n) is 2.35. The van der Waals surface area contributed by atoms with Crippen LogP contribution in [-0.4, -0.2) is 17.6 Å². The Morgan fingerprint density at radius 1 is 1.56 bits per heavy atom. The molecule has 1 aromatic rings. The number of aliphatic carboxylic acids is 1. The zero-order valence-corrected chi connectivity index (χ0v) is 10.2. The number of carboxylic acid groups (broad SMARTS) is 1. The number of halogens is 1. The lowest BCUT2D eigenvalue weighted by molar-refractivity contribution is -0.137. The molecule has 0 amide bonds. The molecule has 1 atom stereocenters. The van der Waals surface area contributed by atoms with Crippen molar-refractivity contribution in [2.45, 2.75) is 20.3 Å². The second kappa shape index (κ2) is 5.75. The van der Waals surface area contributed by atoms with Gasteiger partial charge in [-0.15, -0.1) is 0 Å². The Morgan fingerprint density at radius 3 is 2.81 bits per heavy atom. The van der Waals surface area contributed by atoms with Gasteiger partial charge in [-0.3, -0.25) is 4.79 Å². The van der Waals surface area contributed by atoms with E-state index in [-0.39, 0.29) is 12.3 Å². The van der Waals surface area contributed by atoms with Crippen LogP contribution in [0.25, 0.3) is 0 Å². The number of carboxylic acids is 1. The van der Waals surface area contributed by atoms with Crippen molar-refractivity contribution >= 4 is 23.3 Å². The summed E-state index contributed by atoms with van der Waals surface area (Å²) >= 11 is 5.84. The van der Waals surface area contributed by atoms with Gasteiger partial charge in [0, 0.05) is 23.7 Å². The maximum Gasteiger partial charge on any atom is 0.303 e. The molecule has 0 aromatic heterocycles. The quantitative estimate of drug-likeness (QED) is 0.833. The van der Waals surface area contributed by atoms with Gasteiger partial charge in [0.1, 0.15) is 0 Å². The molecule has 3 nitrogen and oxygen atoms in total. The summed E-state index contributed by atoms with van der Waals surface area (Å²) in [6.45, 7) is 4.53. The minimum absolute atomic E-state index is 0.104. The average molecular weight is 242 g/mol. The van der Waals surface area contributed by atoms with Crippen LogP contribution in [0.1, 0.15) is 18.9 Å². The number of hydrogen-bond acceptors (Lipinski definition) is 2. The smallest absolute Gasteiger partial charge is 0.303 e. The van der Waals surface area contributed by atoms with Gasteiger partial charge < -0.3 is 10.4 Å². The lowest BCUT2D eigenvalue weighted by atomic mass is 10.1. The number of rotatable bonds is 5. The molecule has 0 aliphatic heterocycles. The van der Waals surface area contributed by atoms with Crippen molar-refractivity contribution in [3.8, 4) is 0 Å². The van der Waals surface area contributed by atoms with E-state index in [0.29, 0.717) is 11.6 Å². The molecule has 0 heterocycles. The molecule has 0 bridgehead atoms. The second-order valence-corrected chi connectivity index (χ2v) is 4.48. The molecule has 0 fully saturated rings. The molecule has 0 saturated heterocycles. The van der Waals surface area contributed by atoms with E-state index in [1.54, 1.807) is 0 Å². The molecule has 0 spiro atoms. The Bertz CT molecular complexity index is 379. The molecule has 0 radical (unpaired) electrons. The summed E-state index contributed by atoms with van der Waals surface area (Å²) in [4.78, 5) is 10.5. The van der Waals surface area contributed by atoms with Crippen molar-refractivity contribution in [3.05, 3.63) is 28.8 Å². The van der Waals surface area contributed by atoms with E-state index < -0.39 is 5.97 Å². The van der Waals surface area contributed by atoms with E-state index in [1.807, 2.05) is 32.0 Å². The lowest BCUT2D eigenvalue weighted by Crippen LogP contribution is -2.15. The Kier molecular flexibility index (Phi) is 4.62. The first-order chi connectivity index (χ1) is 7.49. The van der Waals surface area contributed by atoms with Crippen molar-refractivity contribution in [1.29, 1.82) is 0 Å². The first-order valence-corrected chi connectivity index (χ1v) is 5.58. The van der Waals surface area contributed by atoms with E-state index in [4.69, 9.17) is 16.7 Å². The molecular weight excluding hydrogens is 226 g/mol. The summed E-state index contributed by atoms with van der Waals surface area (Å²) in [6.07, 6.45) is 0.180. The molecule has 16 heavy (non-hydrogen) atoms. The van der Waals surface area contributed by atoms with E-state index in [2.05, 4.69) is 5.32 Å². The topological polar surface area (TPSA) is 49.3 Å². The van der Waals surface area contributed by atoms with Crippen LogP contribution in [0.2, 0.25) is 5.02 Å². The van der Waals surface area contributed by atoms with Crippen LogP contribution in [0, 0.1) is 12.8 Å². The number of benzene rings is 1. The van der Waals surface area contributed by atoms with Crippen molar-refractivity contribution in [2.75, 3.05) is 11.9 Å². The molecule has 2 N–H and O–H groups in total. The van der Waals surface area contributed by atoms with Gasteiger partial charge >= 0.3 is 5.97 Å². The Hall–Kier alpha value is -1.22. The third-order valence-corrected chi connectivity index (χ3v) is 2.59. The summed E-state index contributed by atoms with van der Waals surface area (Å²) < 4.78 is 0. The fourth-order valence-electron chi connectivity index (χ4n) is 1.48. The van der Waals surface area contributed by atoms with Crippen LogP contribution in [0.5, 0.6) is 0 Å². The van der Waals surface area contributed by atoms with Gasteiger partial charge in [0.05, 0.1) is 0 Å². The minimum Gasteiger partial charge on any atom is -0.481 e. The fourth-order valence-corrected chi connectivity index (χ4v) is 1.71. The summed E-state index contributed by atoms with van der Waals surface area (Å²) in [5.74, 6) is -0.658. The summed E-state index contributed by atoms with van der Waals surface area (Å²) in [5, 5.41) is 12.6. The Labute approximate surface area is 100 Å². The maximum absolute atomic E-state index is 10.5. The van der Waals surface area contributed by atoms with E-state index in [0.717, 1.165) is 11.3 Å². The van der Waals surface area contributed by atoms with Gasteiger partial charge in [-0.25, -0.2) is 0 Å². The predicted octanol–water partition coefficient (Wildman–Crippen LogP) is 3.17.